The van der Waals surface area contributed by atoms with E-state index in [4.69, 9.17) is 0 Å². The van der Waals surface area contributed by atoms with Crippen LogP contribution in [0.1, 0.15) is 18.7 Å². The second-order valence-corrected chi connectivity index (χ2v) is 4.46. The number of H-pyrrole nitrogens is 1. The molecule has 19 heavy (non-hydrogen) atoms. The maximum atomic E-state index is 12.9. The number of halogens is 1. The summed E-state index contributed by atoms with van der Waals surface area (Å²) < 4.78 is 12.9. The molecule has 0 saturated carbocycles. The largest absolute Gasteiger partial charge is 0.309 e. The number of hydrogen-bond donors (Lipinski definition) is 1. The summed E-state index contributed by atoms with van der Waals surface area (Å²) in [6, 6.07) is 5.93. The molecule has 1 atom stereocenters. The summed E-state index contributed by atoms with van der Waals surface area (Å²) in [7, 11) is 0. The molecule has 0 radical (unpaired) electrons. The molecule has 1 aliphatic heterocycles. The predicted molar refractivity (Wildman–Crippen MR) is 64.8 cm³/mol. The van der Waals surface area contributed by atoms with Crippen LogP contribution in [0.4, 0.5) is 10.1 Å². The molecule has 98 valence electrons. The zero-order valence-corrected chi connectivity index (χ0v) is 10.1. The number of carbonyl (C=O) groups is 1. The zero-order valence-electron chi connectivity index (χ0n) is 10.1. The topological polar surface area (TPSA) is 74.8 Å². The van der Waals surface area contributed by atoms with Gasteiger partial charge in [-0.2, -0.15) is 5.21 Å². The van der Waals surface area contributed by atoms with E-state index in [2.05, 4.69) is 20.6 Å². The van der Waals surface area contributed by atoms with Crippen LogP contribution in [0.25, 0.3) is 0 Å². The summed E-state index contributed by atoms with van der Waals surface area (Å²) in [4.78, 5) is 13.7. The van der Waals surface area contributed by atoms with Crippen molar-refractivity contribution in [2.45, 2.75) is 25.3 Å². The van der Waals surface area contributed by atoms with E-state index in [1.165, 1.54) is 12.1 Å². The Balaban J connectivity index is 1.84. The number of aromatic nitrogens is 4. The molecule has 7 heteroatoms. The van der Waals surface area contributed by atoms with Crippen molar-refractivity contribution < 1.29 is 9.18 Å². The first-order valence-corrected chi connectivity index (χ1v) is 6.04. The van der Waals surface area contributed by atoms with Gasteiger partial charge in [0.05, 0.1) is 0 Å². The van der Waals surface area contributed by atoms with Gasteiger partial charge in [-0.1, -0.05) is 5.21 Å². The molecule has 1 amide bonds. The highest BCUT2D eigenvalue weighted by atomic mass is 19.1. The standard InChI is InChI=1S/C12H12FN5O/c13-8-1-3-9(4-2-8)18-10(5-6-12(18)19)7-11-14-16-17-15-11/h1-4,10H,5-7H2,(H,14,15,16,17)/t10-/m0/s1. The first kappa shape index (κ1) is 11.8. The maximum Gasteiger partial charge on any atom is 0.227 e. The van der Waals surface area contributed by atoms with E-state index < -0.39 is 0 Å². The van der Waals surface area contributed by atoms with Crippen molar-refractivity contribution in [2.24, 2.45) is 0 Å². The number of hydrogen-bond acceptors (Lipinski definition) is 4. The number of tetrazole rings is 1. The molecule has 0 aliphatic carbocycles. The Labute approximate surface area is 108 Å². The van der Waals surface area contributed by atoms with Gasteiger partial charge in [-0.15, -0.1) is 10.2 Å². The average Bonchev–Trinajstić information content (AvgIpc) is 3.02. The number of amides is 1. The van der Waals surface area contributed by atoms with E-state index in [9.17, 15) is 9.18 Å². The predicted octanol–water partition coefficient (Wildman–Crippen LogP) is 1.08. The summed E-state index contributed by atoms with van der Waals surface area (Å²) in [5.74, 6) is 0.303. The fourth-order valence-corrected chi connectivity index (χ4v) is 2.37. The van der Waals surface area contributed by atoms with Gasteiger partial charge in [-0.25, -0.2) is 4.39 Å². The quantitative estimate of drug-likeness (QED) is 0.897. The molecule has 0 unspecified atom stereocenters. The summed E-state index contributed by atoms with van der Waals surface area (Å²) >= 11 is 0. The SMILES string of the molecule is O=C1CC[C@@H](Cc2nn[nH]n2)N1c1ccc(F)cc1. The Bertz CT molecular complexity index is 568. The summed E-state index contributed by atoms with van der Waals surface area (Å²) in [5.41, 5.74) is 0.706. The Morgan fingerprint density at radius 1 is 1.37 bits per heavy atom. The van der Waals surface area contributed by atoms with E-state index in [0.29, 0.717) is 24.4 Å². The van der Waals surface area contributed by atoms with E-state index in [1.807, 2.05) is 0 Å². The minimum Gasteiger partial charge on any atom is -0.309 e. The molecule has 3 rings (SSSR count). The molecule has 1 fully saturated rings. The van der Waals surface area contributed by atoms with Gasteiger partial charge in [0.25, 0.3) is 0 Å². The van der Waals surface area contributed by atoms with Gasteiger partial charge in [-0.05, 0) is 30.7 Å². The van der Waals surface area contributed by atoms with Gasteiger partial charge >= 0.3 is 0 Å². The Kier molecular flexibility index (Phi) is 2.94. The number of nitrogens with zero attached hydrogens (tertiary/aromatic N) is 4. The smallest absolute Gasteiger partial charge is 0.227 e. The number of rotatable bonds is 3. The molecule has 6 nitrogen and oxygen atoms in total. The fraction of sp³-hybridized carbons (Fsp3) is 0.333. The first-order chi connectivity index (χ1) is 9.24. The maximum absolute atomic E-state index is 12.9. The molecule has 2 aromatic rings. The third-order valence-corrected chi connectivity index (χ3v) is 3.24. The number of carbonyl (C=O) groups excluding carboxylic acids is 1. The van der Waals surface area contributed by atoms with E-state index in [0.717, 1.165) is 6.42 Å². The van der Waals surface area contributed by atoms with Crippen molar-refractivity contribution in [1.29, 1.82) is 0 Å². The van der Waals surface area contributed by atoms with Crippen molar-refractivity contribution in [3.63, 3.8) is 0 Å². The second kappa shape index (κ2) is 4.75. The van der Waals surface area contributed by atoms with Crippen molar-refractivity contribution in [3.8, 4) is 0 Å². The molecule has 2 heterocycles. The van der Waals surface area contributed by atoms with Crippen LogP contribution in [0.3, 0.4) is 0 Å². The normalized spacial score (nSPS) is 19.1. The van der Waals surface area contributed by atoms with Crippen LogP contribution in [0, 0.1) is 5.82 Å². The molecule has 1 N–H and O–H groups in total. The average molecular weight is 261 g/mol. The molecular formula is C12H12FN5O. The van der Waals surface area contributed by atoms with Crippen LogP contribution in [0.15, 0.2) is 24.3 Å². The van der Waals surface area contributed by atoms with Gasteiger partial charge in [-0.3, -0.25) is 4.79 Å². The van der Waals surface area contributed by atoms with Crippen LogP contribution < -0.4 is 4.90 Å². The van der Waals surface area contributed by atoms with Gasteiger partial charge in [0.15, 0.2) is 5.82 Å². The summed E-state index contributed by atoms with van der Waals surface area (Å²) in [6.45, 7) is 0. The Morgan fingerprint density at radius 2 is 2.16 bits per heavy atom. The molecule has 1 saturated heterocycles. The molecular weight excluding hydrogens is 249 g/mol. The van der Waals surface area contributed by atoms with E-state index >= 15 is 0 Å². The van der Waals surface area contributed by atoms with Crippen LogP contribution in [0.5, 0.6) is 0 Å². The van der Waals surface area contributed by atoms with Gasteiger partial charge < -0.3 is 4.90 Å². The third-order valence-electron chi connectivity index (χ3n) is 3.24. The zero-order chi connectivity index (χ0) is 13.2. The van der Waals surface area contributed by atoms with Gasteiger partial charge in [0.2, 0.25) is 5.91 Å². The highest BCUT2D eigenvalue weighted by molar-refractivity contribution is 5.96. The monoisotopic (exact) mass is 261 g/mol. The highest BCUT2D eigenvalue weighted by Gasteiger charge is 2.32. The molecule has 1 aromatic carbocycles. The van der Waals surface area contributed by atoms with Gasteiger partial charge in [0, 0.05) is 24.6 Å². The van der Waals surface area contributed by atoms with Gasteiger partial charge in [0.1, 0.15) is 5.82 Å². The van der Waals surface area contributed by atoms with Crippen molar-refractivity contribution >= 4 is 11.6 Å². The molecule has 1 aliphatic rings. The van der Waals surface area contributed by atoms with E-state index in [1.54, 1.807) is 17.0 Å². The van der Waals surface area contributed by atoms with Crippen molar-refractivity contribution in [2.75, 3.05) is 4.90 Å². The molecule has 0 bridgehead atoms. The lowest BCUT2D eigenvalue weighted by Crippen LogP contribution is -2.34. The van der Waals surface area contributed by atoms with Crippen LogP contribution in [-0.2, 0) is 11.2 Å². The van der Waals surface area contributed by atoms with Crippen LogP contribution in [-0.4, -0.2) is 32.6 Å². The minimum atomic E-state index is -0.315. The minimum absolute atomic E-state index is 0.00411. The van der Waals surface area contributed by atoms with Crippen molar-refractivity contribution in [1.82, 2.24) is 20.6 Å². The number of aromatic amines is 1. The Hall–Kier alpha value is -2.31. The summed E-state index contributed by atoms with van der Waals surface area (Å²) in [5, 5.41) is 13.7. The second-order valence-electron chi connectivity index (χ2n) is 4.46. The first-order valence-electron chi connectivity index (χ1n) is 6.04. The Morgan fingerprint density at radius 3 is 2.84 bits per heavy atom. The number of anilines is 1. The highest BCUT2D eigenvalue weighted by Crippen LogP contribution is 2.28. The number of nitrogens with one attached hydrogen (secondary N) is 1. The van der Waals surface area contributed by atoms with Crippen LogP contribution >= 0.6 is 0 Å². The van der Waals surface area contributed by atoms with E-state index in [-0.39, 0.29) is 17.8 Å². The van der Waals surface area contributed by atoms with Crippen LogP contribution in [0.2, 0.25) is 0 Å². The lowest BCUT2D eigenvalue weighted by atomic mass is 10.1. The number of benzene rings is 1. The fourth-order valence-electron chi connectivity index (χ4n) is 2.37. The molecule has 0 spiro atoms. The molecule has 1 aromatic heterocycles. The lowest BCUT2D eigenvalue weighted by Gasteiger charge is -2.23. The lowest BCUT2D eigenvalue weighted by molar-refractivity contribution is -0.117. The third kappa shape index (κ3) is 2.31. The summed E-state index contributed by atoms with van der Waals surface area (Å²) in [6.07, 6.45) is 1.77. The van der Waals surface area contributed by atoms with Crippen molar-refractivity contribution in [3.05, 3.63) is 35.9 Å².